The number of nitrogens with one attached hydrogen (secondary N) is 1. The van der Waals surface area contributed by atoms with Crippen molar-refractivity contribution in [3.63, 3.8) is 0 Å². The zero-order chi connectivity index (χ0) is 14.5. The molecule has 3 N–H and O–H groups in total. The van der Waals surface area contributed by atoms with E-state index in [4.69, 9.17) is 5.73 Å². The fraction of sp³-hybridized carbons (Fsp3) is 0.286. The lowest BCUT2D eigenvalue weighted by atomic mass is 10.2. The summed E-state index contributed by atoms with van der Waals surface area (Å²) in [6, 6.07) is 4.95. The number of pyridine rings is 1. The van der Waals surface area contributed by atoms with Gasteiger partial charge in [0.15, 0.2) is 0 Å². The summed E-state index contributed by atoms with van der Waals surface area (Å²) in [4.78, 5) is 24.6. The van der Waals surface area contributed by atoms with Crippen LogP contribution < -0.4 is 16.6 Å². The molecule has 5 nitrogen and oxygen atoms in total. The molecule has 0 saturated heterocycles. The first-order valence-electron chi connectivity index (χ1n) is 6.38. The van der Waals surface area contributed by atoms with Crippen LogP contribution in [-0.2, 0) is 24.3 Å². The van der Waals surface area contributed by atoms with Gasteiger partial charge in [0.25, 0.3) is 5.56 Å². The Morgan fingerprint density at radius 3 is 2.95 bits per heavy atom. The van der Waals surface area contributed by atoms with E-state index in [1.807, 2.05) is 5.38 Å². The predicted molar refractivity (Wildman–Crippen MR) is 80.7 cm³/mol. The van der Waals surface area contributed by atoms with Gasteiger partial charge in [0.05, 0.1) is 6.54 Å². The van der Waals surface area contributed by atoms with Gasteiger partial charge in [-0.1, -0.05) is 6.92 Å². The van der Waals surface area contributed by atoms with Gasteiger partial charge in [-0.05, 0) is 29.5 Å². The molecule has 1 amide bonds. The van der Waals surface area contributed by atoms with Gasteiger partial charge < -0.3 is 15.6 Å². The van der Waals surface area contributed by atoms with Crippen LogP contribution in [0.2, 0.25) is 0 Å². The van der Waals surface area contributed by atoms with Gasteiger partial charge in [0, 0.05) is 22.8 Å². The van der Waals surface area contributed by atoms with E-state index in [0.717, 1.165) is 11.3 Å². The van der Waals surface area contributed by atoms with E-state index < -0.39 is 0 Å². The highest BCUT2D eigenvalue weighted by Crippen LogP contribution is 2.16. The molecule has 0 atom stereocenters. The van der Waals surface area contributed by atoms with Crippen LogP contribution >= 0.6 is 11.3 Å². The maximum absolute atomic E-state index is 11.9. The molecule has 0 aliphatic heterocycles. The van der Waals surface area contributed by atoms with E-state index in [9.17, 15) is 9.59 Å². The normalized spacial score (nSPS) is 10.4. The van der Waals surface area contributed by atoms with Crippen LogP contribution in [0.4, 0.5) is 5.69 Å². The van der Waals surface area contributed by atoms with Gasteiger partial charge in [-0.2, -0.15) is 0 Å². The number of anilines is 1. The summed E-state index contributed by atoms with van der Waals surface area (Å²) >= 11 is 1.62. The number of nitrogen functional groups attached to an aromatic ring is 1. The first-order valence-corrected chi connectivity index (χ1v) is 7.26. The maximum atomic E-state index is 11.9. The number of hydrogen-bond donors (Lipinski definition) is 2. The predicted octanol–water partition coefficient (Wildman–Crippen LogP) is 1.37. The Balaban J connectivity index is 1.96. The number of rotatable bonds is 5. The summed E-state index contributed by atoms with van der Waals surface area (Å²) in [5.74, 6) is -0.201. The van der Waals surface area contributed by atoms with Crippen molar-refractivity contribution in [1.29, 1.82) is 0 Å². The third kappa shape index (κ3) is 3.48. The quantitative estimate of drug-likeness (QED) is 0.873. The number of carbonyl (C=O) groups is 1. The van der Waals surface area contributed by atoms with Crippen molar-refractivity contribution in [3.05, 3.63) is 50.6 Å². The van der Waals surface area contributed by atoms with Gasteiger partial charge in [0.2, 0.25) is 5.91 Å². The standard InChI is InChI=1S/C14H17N3O2S/c1-2-10-5-6-20-12(10)7-16-13(18)9-17-8-11(15)3-4-14(17)19/h3-6,8H,2,7,9,15H2,1H3,(H,16,18). The minimum atomic E-state index is -0.236. The Morgan fingerprint density at radius 2 is 2.20 bits per heavy atom. The van der Waals surface area contributed by atoms with Gasteiger partial charge in [0.1, 0.15) is 6.54 Å². The van der Waals surface area contributed by atoms with Crippen LogP contribution in [0.25, 0.3) is 0 Å². The molecule has 0 aliphatic rings. The Kier molecular flexibility index (Phi) is 4.57. The Labute approximate surface area is 121 Å². The smallest absolute Gasteiger partial charge is 0.251 e. The molecule has 0 saturated carbocycles. The van der Waals surface area contributed by atoms with Crippen LogP contribution in [0.3, 0.4) is 0 Å². The molecule has 20 heavy (non-hydrogen) atoms. The topological polar surface area (TPSA) is 77.1 Å². The highest BCUT2D eigenvalue weighted by Gasteiger charge is 2.07. The van der Waals surface area contributed by atoms with Crippen molar-refractivity contribution < 1.29 is 4.79 Å². The lowest BCUT2D eigenvalue weighted by molar-refractivity contribution is -0.121. The fourth-order valence-corrected chi connectivity index (χ4v) is 2.82. The molecular weight excluding hydrogens is 274 g/mol. The third-order valence-corrected chi connectivity index (χ3v) is 3.95. The van der Waals surface area contributed by atoms with Crippen LogP contribution in [0.5, 0.6) is 0 Å². The van der Waals surface area contributed by atoms with Crippen molar-refractivity contribution in [2.75, 3.05) is 5.73 Å². The Hall–Kier alpha value is -2.08. The molecule has 0 fully saturated rings. The van der Waals surface area contributed by atoms with Crippen LogP contribution in [0.1, 0.15) is 17.4 Å². The van der Waals surface area contributed by atoms with E-state index >= 15 is 0 Å². The van der Waals surface area contributed by atoms with Gasteiger partial charge in [-0.25, -0.2) is 0 Å². The van der Waals surface area contributed by atoms with Gasteiger partial charge >= 0.3 is 0 Å². The molecule has 106 valence electrons. The molecule has 2 aromatic heterocycles. The number of nitrogens with two attached hydrogens (primary N) is 1. The SMILES string of the molecule is CCc1ccsc1CNC(=O)Cn1cc(N)ccc1=O. The second kappa shape index (κ2) is 6.38. The Morgan fingerprint density at radius 1 is 1.40 bits per heavy atom. The van der Waals surface area contributed by atoms with Crippen LogP contribution in [-0.4, -0.2) is 10.5 Å². The summed E-state index contributed by atoms with van der Waals surface area (Å²) in [5, 5.41) is 4.84. The molecule has 2 heterocycles. The molecule has 0 aliphatic carbocycles. The molecule has 2 aromatic rings. The molecule has 0 aromatic carbocycles. The van der Waals surface area contributed by atoms with E-state index in [2.05, 4.69) is 18.3 Å². The number of aromatic nitrogens is 1. The fourth-order valence-electron chi connectivity index (χ4n) is 1.90. The van der Waals surface area contributed by atoms with Crippen molar-refractivity contribution in [2.24, 2.45) is 0 Å². The highest BCUT2D eigenvalue weighted by molar-refractivity contribution is 7.10. The van der Waals surface area contributed by atoms with E-state index in [1.165, 1.54) is 28.5 Å². The van der Waals surface area contributed by atoms with Crippen LogP contribution in [0, 0.1) is 0 Å². The third-order valence-electron chi connectivity index (χ3n) is 2.98. The summed E-state index contributed by atoms with van der Waals surface area (Å²) in [7, 11) is 0. The number of amides is 1. The first kappa shape index (κ1) is 14.3. The molecule has 2 rings (SSSR count). The number of hydrogen-bond acceptors (Lipinski definition) is 4. The molecule has 0 radical (unpaired) electrons. The average molecular weight is 291 g/mol. The molecule has 0 bridgehead atoms. The summed E-state index contributed by atoms with van der Waals surface area (Å²) in [5.41, 5.74) is 7.07. The zero-order valence-corrected chi connectivity index (χ0v) is 12.1. The van der Waals surface area contributed by atoms with Gasteiger partial charge in [-0.3, -0.25) is 9.59 Å². The van der Waals surface area contributed by atoms with Crippen molar-refractivity contribution >= 4 is 22.9 Å². The van der Waals surface area contributed by atoms with Crippen molar-refractivity contribution in [3.8, 4) is 0 Å². The summed E-state index contributed by atoms with van der Waals surface area (Å²) in [6.45, 7) is 2.56. The van der Waals surface area contributed by atoms with Crippen molar-refractivity contribution in [2.45, 2.75) is 26.4 Å². The first-order chi connectivity index (χ1) is 9.60. The van der Waals surface area contributed by atoms with E-state index in [0.29, 0.717) is 12.2 Å². The maximum Gasteiger partial charge on any atom is 0.251 e. The zero-order valence-electron chi connectivity index (χ0n) is 11.3. The Bertz CT molecular complexity index is 660. The average Bonchev–Trinajstić information content (AvgIpc) is 2.88. The lowest BCUT2D eigenvalue weighted by Gasteiger charge is -2.08. The lowest BCUT2D eigenvalue weighted by Crippen LogP contribution is -2.31. The molecular formula is C14H17N3O2S. The monoisotopic (exact) mass is 291 g/mol. The van der Waals surface area contributed by atoms with Crippen molar-refractivity contribution in [1.82, 2.24) is 9.88 Å². The number of nitrogens with zero attached hydrogens (tertiary/aromatic N) is 1. The molecule has 0 spiro atoms. The second-order valence-electron chi connectivity index (χ2n) is 4.43. The molecule has 0 unspecified atom stereocenters. The summed E-state index contributed by atoms with van der Waals surface area (Å²) < 4.78 is 1.31. The molecule has 6 heteroatoms. The number of carbonyl (C=O) groups excluding carboxylic acids is 1. The second-order valence-corrected chi connectivity index (χ2v) is 5.43. The van der Waals surface area contributed by atoms with E-state index in [1.54, 1.807) is 11.3 Å². The summed E-state index contributed by atoms with van der Waals surface area (Å²) in [6.07, 6.45) is 2.42. The van der Waals surface area contributed by atoms with Gasteiger partial charge in [-0.15, -0.1) is 11.3 Å². The minimum Gasteiger partial charge on any atom is -0.398 e. The largest absolute Gasteiger partial charge is 0.398 e. The van der Waals surface area contributed by atoms with Crippen LogP contribution in [0.15, 0.2) is 34.6 Å². The minimum absolute atomic E-state index is 0.0172. The number of aryl methyl sites for hydroxylation is 1. The number of thiophene rings is 1. The highest BCUT2D eigenvalue weighted by atomic mass is 32.1. The van der Waals surface area contributed by atoms with E-state index in [-0.39, 0.29) is 18.0 Å².